The Balaban J connectivity index is 1.57. The van der Waals surface area contributed by atoms with Gasteiger partial charge in [-0.25, -0.2) is 22.3 Å². The monoisotopic (exact) mass is 432 g/mol. The molecule has 0 radical (unpaired) electrons. The molecule has 0 aromatic carbocycles. The highest BCUT2D eigenvalue weighted by atomic mass is 32.2. The Hall–Kier alpha value is -2.54. The lowest BCUT2D eigenvalue weighted by molar-refractivity contribution is -0.146. The zero-order valence-electron chi connectivity index (χ0n) is 15.1. The Bertz CT molecular complexity index is 1160. The minimum atomic E-state index is -4.86. The van der Waals surface area contributed by atoms with Gasteiger partial charge < -0.3 is 0 Å². The predicted octanol–water partition coefficient (Wildman–Crippen LogP) is 2.19. The van der Waals surface area contributed by atoms with Crippen LogP contribution in [0.5, 0.6) is 0 Å². The van der Waals surface area contributed by atoms with Crippen LogP contribution in [0.4, 0.5) is 17.6 Å². The van der Waals surface area contributed by atoms with Crippen molar-refractivity contribution in [2.75, 3.05) is 13.1 Å². The van der Waals surface area contributed by atoms with Crippen LogP contribution in [0.3, 0.4) is 0 Å². The van der Waals surface area contributed by atoms with Crippen LogP contribution < -0.4 is 0 Å². The van der Waals surface area contributed by atoms with Crippen molar-refractivity contribution < 1.29 is 26.0 Å². The number of hydrogen-bond donors (Lipinski definition) is 0. The van der Waals surface area contributed by atoms with Crippen molar-refractivity contribution in [1.82, 2.24) is 28.7 Å². The summed E-state index contributed by atoms with van der Waals surface area (Å²) in [7, 11) is -3.35. The van der Waals surface area contributed by atoms with Gasteiger partial charge in [-0.1, -0.05) is 0 Å². The second-order valence-electron chi connectivity index (χ2n) is 6.80. The van der Waals surface area contributed by atoms with Crippen molar-refractivity contribution in [3.8, 4) is 0 Å². The fraction of sp³-hybridized carbons (Fsp3) is 0.438. The van der Waals surface area contributed by atoms with E-state index in [1.165, 1.54) is 23.1 Å². The van der Waals surface area contributed by atoms with Crippen LogP contribution in [0.1, 0.15) is 30.0 Å². The van der Waals surface area contributed by atoms with E-state index in [0.29, 0.717) is 22.1 Å². The van der Waals surface area contributed by atoms with Crippen LogP contribution in [0.2, 0.25) is 0 Å². The zero-order valence-corrected chi connectivity index (χ0v) is 16.0. The van der Waals surface area contributed by atoms with Crippen molar-refractivity contribution >= 4 is 15.7 Å². The molecule has 0 aliphatic carbocycles. The maximum Gasteiger partial charge on any atom is 0.434 e. The fourth-order valence-corrected chi connectivity index (χ4v) is 5.27. The molecule has 1 saturated heterocycles. The Morgan fingerprint density at radius 3 is 2.52 bits per heavy atom. The summed E-state index contributed by atoms with van der Waals surface area (Å²) in [6.07, 6.45) is -0.823. The Kier molecular flexibility index (Phi) is 4.61. The number of hydrogen-bond acceptors (Lipinski definition) is 5. The molecule has 29 heavy (non-hydrogen) atoms. The molecule has 0 saturated carbocycles. The van der Waals surface area contributed by atoms with Gasteiger partial charge in [0, 0.05) is 38.0 Å². The van der Waals surface area contributed by atoms with E-state index in [1.807, 2.05) is 0 Å². The molecule has 8 nitrogen and oxygen atoms in total. The molecular formula is C16H16F4N6O2S. The standard InChI is InChI=1S/C16H16F4N6O2S/c1-24-15(16(18,19)20)13(7-22-24)29(27,28)25-4-2-10(3-5-25)11-8-26-14(6-12(11)17)21-9-23-26/h6-10H,2-5H2,1H3. The number of pyridine rings is 1. The van der Waals surface area contributed by atoms with Crippen LogP contribution in [-0.4, -0.2) is 50.2 Å². The quantitative estimate of drug-likeness (QED) is 0.593. The van der Waals surface area contributed by atoms with Crippen LogP contribution >= 0.6 is 0 Å². The summed E-state index contributed by atoms with van der Waals surface area (Å²) < 4.78 is 82.7. The van der Waals surface area contributed by atoms with Crippen LogP contribution in [0.25, 0.3) is 5.65 Å². The summed E-state index contributed by atoms with van der Waals surface area (Å²) in [4.78, 5) is 3.02. The first-order valence-corrected chi connectivity index (χ1v) is 10.1. The van der Waals surface area contributed by atoms with E-state index in [2.05, 4.69) is 15.2 Å². The van der Waals surface area contributed by atoms with E-state index < -0.39 is 32.6 Å². The minimum Gasteiger partial charge on any atom is -0.262 e. The second-order valence-corrected chi connectivity index (χ2v) is 8.70. The fourth-order valence-electron chi connectivity index (χ4n) is 3.63. The molecule has 4 heterocycles. The molecule has 0 spiro atoms. The summed E-state index contributed by atoms with van der Waals surface area (Å²) >= 11 is 0. The van der Waals surface area contributed by atoms with Crippen molar-refractivity contribution in [3.63, 3.8) is 0 Å². The zero-order chi connectivity index (χ0) is 21.0. The third-order valence-electron chi connectivity index (χ3n) is 5.08. The first-order valence-electron chi connectivity index (χ1n) is 8.67. The van der Waals surface area contributed by atoms with Crippen LogP contribution in [-0.2, 0) is 23.2 Å². The lowest BCUT2D eigenvalue weighted by Crippen LogP contribution is -2.38. The van der Waals surface area contributed by atoms with Gasteiger partial charge in [-0.3, -0.25) is 4.68 Å². The first-order chi connectivity index (χ1) is 13.6. The minimum absolute atomic E-state index is 0.0337. The smallest absolute Gasteiger partial charge is 0.262 e. The highest BCUT2D eigenvalue weighted by Crippen LogP contribution is 2.37. The molecule has 0 bridgehead atoms. The Morgan fingerprint density at radius 2 is 1.86 bits per heavy atom. The van der Waals surface area contributed by atoms with Gasteiger partial charge in [0.25, 0.3) is 0 Å². The van der Waals surface area contributed by atoms with E-state index in [1.54, 1.807) is 0 Å². The number of aromatic nitrogens is 5. The third-order valence-corrected chi connectivity index (χ3v) is 6.98. The highest BCUT2D eigenvalue weighted by Gasteiger charge is 2.43. The highest BCUT2D eigenvalue weighted by molar-refractivity contribution is 7.89. The van der Waals surface area contributed by atoms with Gasteiger partial charge in [0.15, 0.2) is 11.3 Å². The maximum atomic E-state index is 14.4. The molecule has 1 aliphatic heterocycles. The Morgan fingerprint density at radius 1 is 1.17 bits per heavy atom. The normalized spacial score (nSPS) is 17.3. The van der Waals surface area contributed by atoms with Crippen molar-refractivity contribution in [2.24, 2.45) is 7.05 Å². The number of fused-ring (bicyclic) bond motifs is 1. The number of nitrogens with zero attached hydrogens (tertiary/aromatic N) is 6. The summed E-state index contributed by atoms with van der Waals surface area (Å²) in [5.41, 5.74) is -0.595. The Labute approximate surface area is 162 Å². The molecule has 156 valence electrons. The number of halogens is 4. The van der Waals surface area contributed by atoms with Gasteiger partial charge in [0.2, 0.25) is 10.0 Å². The molecule has 1 aliphatic rings. The van der Waals surface area contributed by atoms with E-state index in [0.717, 1.165) is 11.4 Å². The molecule has 1 fully saturated rings. The lowest BCUT2D eigenvalue weighted by atomic mass is 9.91. The number of piperidine rings is 1. The van der Waals surface area contributed by atoms with E-state index in [-0.39, 0.29) is 31.8 Å². The molecule has 0 unspecified atom stereocenters. The van der Waals surface area contributed by atoms with Gasteiger partial charge in [0.1, 0.15) is 17.0 Å². The number of rotatable bonds is 3. The van der Waals surface area contributed by atoms with Crippen molar-refractivity contribution in [2.45, 2.75) is 29.8 Å². The average molecular weight is 432 g/mol. The largest absolute Gasteiger partial charge is 0.434 e. The first kappa shape index (κ1) is 19.8. The number of sulfonamides is 1. The molecule has 0 atom stereocenters. The van der Waals surface area contributed by atoms with Crippen molar-refractivity contribution in [1.29, 1.82) is 0 Å². The SMILES string of the molecule is Cn1ncc(S(=O)(=O)N2CCC(c3cn4ncnc4cc3F)CC2)c1C(F)(F)F. The van der Waals surface area contributed by atoms with Gasteiger partial charge in [-0.2, -0.15) is 27.7 Å². The summed E-state index contributed by atoms with van der Waals surface area (Å²) in [6.45, 7) is -0.0674. The molecule has 3 aromatic rings. The van der Waals surface area contributed by atoms with E-state index >= 15 is 0 Å². The molecule has 4 rings (SSSR count). The summed E-state index contributed by atoms with van der Waals surface area (Å²) in [5, 5.41) is 7.43. The number of aryl methyl sites for hydroxylation is 1. The predicted molar refractivity (Wildman–Crippen MR) is 91.9 cm³/mol. The topological polar surface area (TPSA) is 85.4 Å². The molecule has 13 heteroatoms. The molecule has 0 N–H and O–H groups in total. The van der Waals surface area contributed by atoms with Gasteiger partial charge in [-0.05, 0) is 18.8 Å². The van der Waals surface area contributed by atoms with Crippen LogP contribution in [0.15, 0.2) is 29.7 Å². The van der Waals surface area contributed by atoms with Gasteiger partial charge in [0.05, 0.1) is 6.20 Å². The van der Waals surface area contributed by atoms with E-state index in [9.17, 15) is 26.0 Å². The van der Waals surface area contributed by atoms with Crippen molar-refractivity contribution in [3.05, 3.63) is 41.9 Å². The lowest BCUT2D eigenvalue weighted by Gasteiger charge is -2.31. The summed E-state index contributed by atoms with van der Waals surface area (Å²) in [5.74, 6) is -0.760. The summed E-state index contributed by atoms with van der Waals surface area (Å²) in [6, 6.07) is 1.25. The second kappa shape index (κ2) is 6.76. The van der Waals surface area contributed by atoms with Gasteiger partial charge in [-0.15, -0.1) is 0 Å². The molecule has 3 aromatic heterocycles. The molecule has 0 amide bonds. The number of alkyl halides is 3. The molecular weight excluding hydrogens is 416 g/mol. The third kappa shape index (κ3) is 3.37. The van der Waals surface area contributed by atoms with Crippen LogP contribution in [0, 0.1) is 5.82 Å². The van der Waals surface area contributed by atoms with Gasteiger partial charge >= 0.3 is 6.18 Å². The average Bonchev–Trinajstić information content (AvgIpc) is 3.27. The maximum absolute atomic E-state index is 14.4. The van der Waals surface area contributed by atoms with E-state index in [4.69, 9.17) is 0 Å².